The van der Waals surface area contributed by atoms with Gasteiger partial charge in [0.25, 0.3) is 0 Å². The van der Waals surface area contributed by atoms with Gasteiger partial charge in [-0.25, -0.2) is 21.6 Å². The highest BCUT2D eigenvalue weighted by molar-refractivity contribution is 7.90. The van der Waals surface area contributed by atoms with E-state index in [9.17, 15) is 34.8 Å². The Morgan fingerprint density at radius 2 is 1.35 bits per heavy atom. The third kappa shape index (κ3) is 6.13. The van der Waals surface area contributed by atoms with Crippen LogP contribution < -0.4 is 9.44 Å². The van der Waals surface area contributed by atoms with Crippen LogP contribution in [0.2, 0.25) is 0 Å². The second-order valence-electron chi connectivity index (χ2n) is 4.13. The van der Waals surface area contributed by atoms with Crippen molar-refractivity contribution in [2.75, 3.05) is 13.1 Å². The van der Waals surface area contributed by atoms with Crippen LogP contribution in [-0.2, 0) is 24.8 Å². The molecule has 0 unspecified atom stereocenters. The second-order valence-corrected chi connectivity index (χ2v) is 7.66. The summed E-state index contributed by atoms with van der Waals surface area (Å²) in [6.45, 7) is -2.65. The SMILES string of the molecule is O=C(O)CNS(=O)(=O)c1ccc(S(=O)(=O)NCC(F)(F)F)cc1. The first-order valence-corrected chi connectivity index (χ1v) is 8.68. The molecule has 8 nitrogen and oxygen atoms in total. The third-order valence-corrected chi connectivity index (χ3v) is 5.15. The Balaban J connectivity index is 2.94. The third-order valence-electron chi connectivity index (χ3n) is 2.32. The topological polar surface area (TPSA) is 130 Å². The molecule has 0 saturated heterocycles. The van der Waals surface area contributed by atoms with Crippen LogP contribution in [0.5, 0.6) is 0 Å². The second kappa shape index (κ2) is 6.82. The number of hydrogen-bond acceptors (Lipinski definition) is 5. The monoisotopic (exact) mass is 376 g/mol. The van der Waals surface area contributed by atoms with Gasteiger partial charge in [0.1, 0.15) is 13.1 Å². The molecule has 0 aromatic heterocycles. The van der Waals surface area contributed by atoms with Crippen LogP contribution in [-0.4, -0.2) is 47.2 Å². The van der Waals surface area contributed by atoms with Crippen LogP contribution in [0.1, 0.15) is 0 Å². The molecule has 23 heavy (non-hydrogen) atoms. The van der Waals surface area contributed by atoms with Gasteiger partial charge in [-0.05, 0) is 24.3 Å². The quantitative estimate of drug-likeness (QED) is 0.609. The van der Waals surface area contributed by atoms with E-state index in [0.29, 0.717) is 0 Å². The van der Waals surface area contributed by atoms with Crippen LogP contribution in [0.25, 0.3) is 0 Å². The first-order valence-electron chi connectivity index (χ1n) is 5.71. The fraction of sp³-hybridized carbons (Fsp3) is 0.300. The molecule has 3 N–H and O–H groups in total. The maximum Gasteiger partial charge on any atom is 0.402 e. The molecule has 1 aromatic carbocycles. The van der Waals surface area contributed by atoms with Crippen molar-refractivity contribution in [2.45, 2.75) is 16.0 Å². The normalized spacial score (nSPS) is 13.0. The highest BCUT2D eigenvalue weighted by Crippen LogP contribution is 2.17. The van der Waals surface area contributed by atoms with Crippen molar-refractivity contribution in [1.29, 1.82) is 0 Å². The molecule has 0 aliphatic heterocycles. The van der Waals surface area contributed by atoms with E-state index in [1.54, 1.807) is 4.72 Å². The van der Waals surface area contributed by atoms with Gasteiger partial charge >= 0.3 is 12.1 Å². The Kier molecular flexibility index (Phi) is 5.74. The summed E-state index contributed by atoms with van der Waals surface area (Å²) in [6.07, 6.45) is -4.74. The molecule has 0 bridgehead atoms. The van der Waals surface area contributed by atoms with Crippen molar-refractivity contribution < 1.29 is 39.9 Å². The number of rotatable bonds is 7. The van der Waals surface area contributed by atoms with Gasteiger partial charge in [0, 0.05) is 0 Å². The van der Waals surface area contributed by atoms with Crippen LogP contribution in [0, 0.1) is 0 Å². The largest absolute Gasteiger partial charge is 0.480 e. The zero-order valence-electron chi connectivity index (χ0n) is 11.2. The average molecular weight is 376 g/mol. The lowest BCUT2D eigenvalue weighted by Crippen LogP contribution is -2.33. The summed E-state index contributed by atoms with van der Waals surface area (Å²) in [5, 5.41) is 8.39. The lowest BCUT2D eigenvalue weighted by molar-refractivity contribution is -0.135. The maximum absolute atomic E-state index is 12.0. The van der Waals surface area contributed by atoms with Gasteiger partial charge in [-0.1, -0.05) is 0 Å². The predicted octanol–water partition coefficient (Wildman–Crippen LogP) is -0.110. The number of benzene rings is 1. The molecule has 0 spiro atoms. The minimum Gasteiger partial charge on any atom is -0.480 e. The van der Waals surface area contributed by atoms with Crippen molar-refractivity contribution in [3.8, 4) is 0 Å². The van der Waals surface area contributed by atoms with Crippen LogP contribution in [0.15, 0.2) is 34.1 Å². The molecule has 0 saturated carbocycles. The number of sulfonamides is 2. The molecule has 13 heteroatoms. The highest BCUT2D eigenvalue weighted by Gasteiger charge is 2.30. The Morgan fingerprint density at radius 1 is 0.957 bits per heavy atom. The van der Waals surface area contributed by atoms with Crippen molar-refractivity contribution >= 4 is 26.0 Å². The van der Waals surface area contributed by atoms with E-state index in [1.807, 2.05) is 0 Å². The standard InChI is InChI=1S/C10H11F3N2O6S2/c11-10(12,13)6-15-23(20,21)8-3-1-7(2-4-8)22(18,19)14-5-9(16)17/h1-4,14-15H,5-6H2,(H,16,17). The van der Waals surface area contributed by atoms with Gasteiger partial charge in [-0.3, -0.25) is 4.79 Å². The molecule has 0 radical (unpaired) electrons. The molecule has 0 aliphatic carbocycles. The van der Waals surface area contributed by atoms with Crippen LogP contribution in [0.3, 0.4) is 0 Å². The highest BCUT2D eigenvalue weighted by atomic mass is 32.2. The molecule has 130 valence electrons. The van der Waals surface area contributed by atoms with Gasteiger partial charge < -0.3 is 5.11 Å². The van der Waals surface area contributed by atoms with Gasteiger partial charge in [0.2, 0.25) is 20.0 Å². The first kappa shape index (κ1) is 19.3. The van der Waals surface area contributed by atoms with Crippen LogP contribution >= 0.6 is 0 Å². The van der Waals surface area contributed by atoms with Gasteiger partial charge in [0.05, 0.1) is 9.79 Å². The Hall–Kier alpha value is -1.70. The summed E-state index contributed by atoms with van der Waals surface area (Å²) >= 11 is 0. The summed E-state index contributed by atoms with van der Waals surface area (Å²) in [7, 11) is -8.64. The molecule has 0 aliphatic rings. The smallest absolute Gasteiger partial charge is 0.402 e. The van der Waals surface area contributed by atoms with Crippen molar-refractivity contribution in [3.63, 3.8) is 0 Å². The van der Waals surface area contributed by atoms with Gasteiger partial charge in [-0.2, -0.15) is 17.9 Å². The zero-order valence-corrected chi connectivity index (χ0v) is 12.8. The lowest BCUT2D eigenvalue weighted by atomic mass is 10.4. The van der Waals surface area contributed by atoms with E-state index in [4.69, 9.17) is 5.11 Å². The van der Waals surface area contributed by atoms with Crippen molar-refractivity contribution in [2.24, 2.45) is 0 Å². The molecule has 1 aromatic rings. The number of carboxylic acids is 1. The first-order chi connectivity index (χ1) is 10.3. The maximum atomic E-state index is 12.0. The molecule has 0 atom stereocenters. The molecular formula is C10H11F3N2O6S2. The van der Waals surface area contributed by atoms with E-state index in [1.165, 1.54) is 4.72 Å². The van der Waals surface area contributed by atoms with E-state index < -0.39 is 55.1 Å². The van der Waals surface area contributed by atoms with E-state index >= 15 is 0 Å². The molecule has 0 fully saturated rings. The fourth-order valence-electron chi connectivity index (χ4n) is 1.30. The van der Waals surface area contributed by atoms with Gasteiger partial charge in [0.15, 0.2) is 0 Å². The molecular weight excluding hydrogens is 365 g/mol. The number of halogens is 3. The Morgan fingerprint density at radius 3 is 1.70 bits per heavy atom. The number of alkyl halides is 3. The average Bonchev–Trinajstić information content (AvgIpc) is 2.43. The minimum absolute atomic E-state index is 0.437. The summed E-state index contributed by atoms with van der Waals surface area (Å²) in [5.41, 5.74) is 0. The Bertz CT molecular complexity index is 772. The molecule has 0 amide bonds. The van der Waals surface area contributed by atoms with E-state index in [0.717, 1.165) is 24.3 Å². The molecule has 0 heterocycles. The number of hydrogen-bond donors (Lipinski definition) is 3. The Labute approximate surface area is 129 Å². The summed E-state index contributed by atoms with van der Waals surface area (Å²) in [4.78, 5) is 9.30. The predicted molar refractivity (Wildman–Crippen MR) is 70.5 cm³/mol. The van der Waals surface area contributed by atoms with Crippen LogP contribution in [0.4, 0.5) is 13.2 Å². The molecule has 1 rings (SSSR count). The minimum atomic E-state index is -4.74. The van der Waals surface area contributed by atoms with Gasteiger partial charge in [-0.15, -0.1) is 0 Å². The summed E-state index contributed by atoms with van der Waals surface area (Å²) < 4.78 is 85.6. The van der Waals surface area contributed by atoms with Crippen molar-refractivity contribution in [3.05, 3.63) is 24.3 Å². The number of aliphatic carboxylic acids is 1. The summed E-state index contributed by atoms with van der Waals surface area (Å²) in [5.74, 6) is -1.43. The van der Waals surface area contributed by atoms with Crippen molar-refractivity contribution in [1.82, 2.24) is 9.44 Å². The number of nitrogens with one attached hydrogen (secondary N) is 2. The lowest BCUT2D eigenvalue weighted by Gasteiger charge is -2.10. The summed E-state index contributed by atoms with van der Waals surface area (Å²) in [6, 6.07) is 3.22. The van der Waals surface area contributed by atoms with E-state index in [-0.39, 0.29) is 0 Å². The number of carboxylic acid groups (broad SMARTS) is 1. The van der Waals surface area contributed by atoms with E-state index in [2.05, 4.69) is 0 Å². The zero-order chi connectivity index (χ0) is 17.9. The fourth-order valence-corrected chi connectivity index (χ4v) is 3.29. The number of carbonyl (C=O) groups is 1.